The first-order valence-corrected chi connectivity index (χ1v) is 12.1. The predicted molar refractivity (Wildman–Crippen MR) is 139 cm³/mol. The fourth-order valence-corrected chi connectivity index (χ4v) is 3.59. The van der Waals surface area contributed by atoms with Gasteiger partial charge in [0.05, 0.1) is 6.61 Å². The minimum atomic E-state index is -1.39. The smallest absolute Gasteiger partial charge is 0.326 e. The predicted octanol–water partition coefficient (Wildman–Crippen LogP) is -1.70. The lowest BCUT2D eigenvalue weighted by atomic mass is 10.0. The fourth-order valence-electron chi connectivity index (χ4n) is 3.59. The van der Waals surface area contributed by atoms with Crippen molar-refractivity contribution in [3.63, 3.8) is 0 Å². The SMILES string of the molecule is NC(=O)CCC(NC(=O)C(Cc1ccccc1)NC(=O)C(N)CO)C(=O)NC(Cc1ccc(O)cc1)C(=O)O. The van der Waals surface area contributed by atoms with Gasteiger partial charge in [0, 0.05) is 19.3 Å². The quantitative estimate of drug-likeness (QED) is 0.128. The number of aliphatic hydroxyl groups is 1. The molecule has 4 atom stereocenters. The summed E-state index contributed by atoms with van der Waals surface area (Å²) in [5.41, 5.74) is 12.0. The average Bonchev–Trinajstić information content (AvgIpc) is 2.91. The molecule has 0 bridgehead atoms. The number of aliphatic hydroxyl groups excluding tert-OH is 1. The van der Waals surface area contributed by atoms with E-state index in [1.165, 1.54) is 24.3 Å². The van der Waals surface area contributed by atoms with Gasteiger partial charge in [-0.05, 0) is 29.7 Å². The second kappa shape index (κ2) is 15.1. The summed E-state index contributed by atoms with van der Waals surface area (Å²) in [7, 11) is 0. The zero-order valence-corrected chi connectivity index (χ0v) is 21.1. The lowest BCUT2D eigenvalue weighted by Gasteiger charge is -2.25. The van der Waals surface area contributed by atoms with Crippen molar-refractivity contribution < 1.29 is 39.3 Å². The van der Waals surface area contributed by atoms with E-state index in [9.17, 15) is 39.3 Å². The van der Waals surface area contributed by atoms with Crippen LogP contribution in [0.1, 0.15) is 24.0 Å². The minimum absolute atomic E-state index is 0.0130. The molecule has 13 heteroatoms. The Morgan fingerprint density at radius 2 is 1.26 bits per heavy atom. The first-order chi connectivity index (χ1) is 18.5. The van der Waals surface area contributed by atoms with Gasteiger partial charge < -0.3 is 42.7 Å². The second-order valence-electron chi connectivity index (χ2n) is 8.88. The summed E-state index contributed by atoms with van der Waals surface area (Å²) in [6, 6.07) is 9.14. The fraction of sp³-hybridized carbons (Fsp3) is 0.346. The van der Waals surface area contributed by atoms with Gasteiger partial charge in [0.1, 0.15) is 29.9 Å². The Hall–Kier alpha value is -4.49. The summed E-state index contributed by atoms with van der Waals surface area (Å²) in [5.74, 6) is -4.58. The van der Waals surface area contributed by atoms with Crippen LogP contribution in [-0.2, 0) is 36.8 Å². The Bertz CT molecular complexity index is 1140. The van der Waals surface area contributed by atoms with E-state index >= 15 is 0 Å². The van der Waals surface area contributed by atoms with Gasteiger partial charge in [-0.25, -0.2) is 4.79 Å². The summed E-state index contributed by atoms with van der Waals surface area (Å²) < 4.78 is 0. The third-order valence-electron chi connectivity index (χ3n) is 5.75. The van der Waals surface area contributed by atoms with Gasteiger partial charge >= 0.3 is 5.97 Å². The Morgan fingerprint density at radius 3 is 1.82 bits per heavy atom. The number of hydrogen-bond donors (Lipinski definition) is 8. The number of carbonyl (C=O) groups is 5. The molecule has 0 saturated carbocycles. The zero-order valence-electron chi connectivity index (χ0n) is 21.1. The number of hydrogen-bond acceptors (Lipinski definition) is 8. The van der Waals surface area contributed by atoms with Crippen LogP contribution in [-0.4, -0.2) is 75.7 Å². The molecule has 210 valence electrons. The number of aromatic hydroxyl groups is 1. The Morgan fingerprint density at radius 1 is 0.744 bits per heavy atom. The normalized spacial score (nSPS) is 13.8. The maximum absolute atomic E-state index is 13.2. The molecule has 2 aromatic carbocycles. The van der Waals surface area contributed by atoms with Gasteiger partial charge in [0.2, 0.25) is 23.6 Å². The first kappa shape index (κ1) is 30.7. The first-order valence-electron chi connectivity index (χ1n) is 12.1. The van der Waals surface area contributed by atoms with E-state index < -0.39 is 60.4 Å². The number of benzene rings is 2. The molecule has 2 aromatic rings. The van der Waals surface area contributed by atoms with Crippen molar-refractivity contribution >= 4 is 29.6 Å². The molecule has 0 fully saturated rings. The van der Waals surface area contributed by atoms with E-state index in [0.29, 0.717) is 11.1 Å². The molecule has 0 aliphatic rings. The van der Waals surface area contributed by atoms with Crippen LogP contribution in [0.25, 0.3) is 0 Å². The van der Waals surface area contributed by atoms with Gasteiger partial charge in [0.25, 0.3) is 0 Å². The molecule has 0 radical (unpaired) electrons. The molecule has 0 saturated heterocycles. The number of phenolic OH excluding ortho intramolecular Hbond substituents is 1. The molecule has 4 amide bonds. The van der Waals surface area contributed by atoms with Crippen molar-refractivity contribution in [1.29, 1.82) is 0 Å². The molecule has 0 spiro atoms. The third-order valence-corrected chi connectivity index (χ3v) is 5.75. The molecule has 0 heterocycles. The topological polar surface area (TPSA) is 234 Å². The second-order valence-corrected chi connectivity index (χ2v) is 8.88. The highest BCUT2D eigenvalue weighted by Crippen LogP contribution is 2.12. The standard InChI is InChI=1S/C26H33N5O8/c27-18(14-32)23(35)30-20(12-15-4-2-1-3-5-15)25(37)29-19(10-11-22(28)34)24(36)31-21(26(38)39)13-16-6-8-17(33)9-7-16/h1-9,18-21,32-33H,10-14,27H2,(H2,28,34)(H,29,37)(H,30,35)(H,31,36)(H,38,39). The lowest BCUT2D eigenvalue weighted by molar-refractivity contribution is -0.142. The molecule has 13 nitrogen and oxygen atoms in total. The van der Waals surface area contributed by atoms with Crippen molar-refractivity contribution in [3.05, 3.63) is 65.7 Å². The molecule has 10 N–H and O–H groups in total. The van der Waals surface area contributed by atoms with Crippen LogP contribution in [0.3, 0.4) is 0 Å². The lowest BCUT2D eigenvalue weighted by Crippen LogP contribution is -2.58. The minimum Gasteiger partial charge on any atom is -0.508 e. The number of amides is 4. The van der Waals surface area contributed by atoms with E-state index in [1.54, 1.807) is 30.3 Å². The van der Waals surface area contributed by atoms with E-state index in [4.69, 9.17) is 11.5 Å². The van der Waals surface area contributed by atoms with Crippen LogP contribution in [0.5, 0.6) is 5.75 Å². The molecular weight excluding hydrogens is 510 g/mol. The summed E-state index contributed by atoms with van der Waals surface area (Å²) in [6.07, 6.45) is -0.636. The number of rotatable bonds is 15. The number of nitrogens with one attached hydrogen (secondary N) is 3. The molecular formula is C26H33N5O8. The van der Waals surface area contributed by atoms with Gasteiger partial charge in [-0.2, -0.15) is 0 Å². The van der Waals surface area contributed by atoms with Crippen LogP contribution in [0.2, 0.25) is 0 Å². The maximum Gasteiger partial charge on any atom is 0.326 e. The zero-order chi connectivity index (χ0) is 28.9. The summed E-state index contributed by atoms with van der Waals surface area (Å²) in [4.78, 5) is 61.9. The van der Waals surface area contributed by atoms with Crippen molar-refractivity contribution in [1.82, 2.24) is 16.0 Å². The molecule has 0 aliphatic carbocycles. The van der Waals surface area contributed by atoms with Crippen molar-refractivity contribution in [2.75, 3.05) is 6.61 Å². The molecule has 0 aliphatic heterocycles. The van der Waals surface area contributed by atoms with Crippen molar-refractivity contribution in [2.24, 2.45) is 11.5 Å². The average molecular weight is 544 g/mol. The molecule has 4 unspecified atom stereocenters. The molecule has 0 aromatic heterocycles. The highest BCUT2D eigenvalue weighted by molar-refractivity contribution is 5.94. The van der Waals surface area contributed by atoms with Gasteiger partial charge in [-0.1, -0.05) is 42.5 Å². The number of phenols is 1. The van der Waals surface area contributed by atoms with Crippen LogP contribution in [0, 0.1) is 0 Å². The van der Waals surface area contributed by atoms with Crippen LogP contribution in [0.15, 0.2) is 54.6 Å². The number of primary amides is 1. The van der Waals surface area contributed by atoms with Gasteiger partial charge in [-0.3, -0.25) is 19.2 Å². The third kappa shape index (κ3) is 10.4. The highest BCUT2D eigenvalue weighted by Gasteiger charge is 2.30. The van der Waals surface area contributed by atoms with Crippen LogP contribution in [0.4, 0.5) is 0 Å². The number of aliphatic carboxylic acids is 1. The summed E-state index contributed by atoms with van der Waals surface area (Å²) in [6.45, 7) is -0.660. The van der Waals surface area contributed by atoms with Crippen LogP contribution >= 0.6 is 0 Å². The van der Waals surface area contributed by atoms with Crippen molar-refractivity contribution in [2.45, 2.75) is 49.9 Å². The Balaban J connectivity index is 2.23. The summed E-state index contributed by atoms with van der Waals surface area (Å²) >= 11 is 0. The number of carbonyl (C=O) groups excluding carboxylic acids is 4. The van der Waals surface area contributed by atoms with Gasteiger partial charge in [-0.15, -0.1) is 0 Å². The molecule has 39 heavy (non-hydrogen) atoms. The number of carboxylic acids is 1. The van der Waals surface area contributed by atoms with Crippen molar-refractivity contribution in [3.8, 4) is 5.75 Å². The number of nitrogens with two attached hydrogens (primary N) is 2. The van der Waals surface area contributed by atoms with E-state index in [0.717, 1.165) is 0 Å². The monoisotopic (exact) mass is 543 g/mol. The number of carboxylic acid groups (broad SMARTS) is 1. The highest BCUT2D eigenvalue weighted by atomic mass is 16.4. The maximum atomic E-state index is 13.2. The largest absolute Gasteiger partial charge is 0.508 e. The van der Waals surface area contributed by atoms with E-state index in [-0.39, 0.29) is 31.4 Å². The Kier molecular flexibility index (Phi) is 11.9. The summed E-state index contributed by atoms with van der Waals surface area (Å²) in [5, 5.41) is 35.5. The van der Waals surface area contributed by atoms with Gasteiger partial charge in [0.15, 0.2) is 0 Å². The van der Waals surface area contributed by atoms with E-state index in [2.05, 4.69) is 16.0 Å². The molecule has 2 rings (SSSR count). The Labute approximate surface area is 224 Å². The van der Waals surface area contributed by atoms with Crippen LogP contribution < -0.4 is 27.4 Å². The van der Waals surface area contributed by atoms with E-state index in [1.807, 2.05) is 0 Å².